The molecule has 0 amide bonds. The molecule has 106 valence electrons. The van der Waals surface area contributed by atoms with Gasteiger partial charge >= 0.3 is 6.18 Å². The lowest BCUT2D eigenvalue weighted by Gasteiger charge is -2.12. The van der Waals surface area contributed by atoms with Crippen molar-refractivity contribution in [3.63, 3.8) is 0 Å². The van der Waals surface area contributed by atoms with Crippen LogP contribution >= 0.6 is 0 Å². The molecule has 0 aromatic heterocycles. The highest BCUT2D eigenvalue weighted by Crippen LogP contribution is 2.34. The Hall–Kier alpha value is -1.83. The largest absolute Gasteiger partial charge is 0.416 e. The molecule has 0 saturated carbocycles. The zero-order valence-electron chi connectivity index (χ0n) is 10.1. The van der Waals surface area contributed by atoms with Gasteiger partial charge in [-0.2, -0.15) is 13.2 Å². The maximum absolute atomic E-state index is 12.5. The molecule has 19 heavy (non-hydrogen) atoms. The molecule has 0 fully saturated rings. The van der Waals surface area contributed by atoms with Crippen LogP contribution in [0.5, 0.6) is 0 Å². The summed E-state index contributed by atoms with van der Waals surface area (Å²) in [6.45, 7) is 1.80. The average molecular weight is 278 g/mol. The summed E-state index contributed by atoms with van der Waals surface area (Å²) in [6, 6.07) is 2.29. The SMILES string of the molecule is CC(CO)CNc1ccc(C(F)(F)F)cc1[N+](=O)[O-]. The van der Waals surface area contributed by atoms with Crippen LogP contribution in [0.1, 0.15) is 12.5 Å². The lowest BCUT2D eigenvalue weighted by atomic mass is 10.1. The minimum Gasteiger partial charge on any atom is -0.396 e. The molecule has 0 aliphatic carbocycles. The fourth-order valence-corrected chi connectivity index (χ4v) is 1.36. The van der Waals surface area contributed by atoms with Crippen molar-refractivity contribution in [3.8, 4) is 0 Å². The molecule has 8 heteroatoms. The van der Waals surface area contributed by atoms with Crippen LogP contribution in [-0.2, 0) is 6.18 Å². The first-order valence-corrected chi connectivity index (χ1v) is 5.46. The number of anilines is 1. The molecule has 0 heterocycles. The topological polar surface area (TPSA) is 75.4 Å². The number of halogens is 3. The summed E-state index contributed by atoms with van der Waals surface area (Å²) in [4.78, 5) is 9.89. The highest BCUT2D eigenvalue weighted by molar-refractivity contribution is 5.62. The van der Waals surface area contributed by atoms with E-state index in [1.165, 1.54) is 0 Å². The number of nitrogens with zero attached hydrogens (tertiary/aromatic N) is 1. The molecule has 0 aliphatic heterocycles. The van der Waals surface area contributed by atoms with E-state index in [0.717, 1.165) is 12.1 Å². The van der Waals surface area contributed by atoms with E-state index < -0.39 is 22.4 Å². The van der Waals surface area contributed by atoms with E-state index in [-0.39, 0.29) is 24.8 Å². The van der Waals surface area contributed by atoms with Gasteiger partial charge in [-0.15, -0.1) is 0 Å². The average Bonchev–Trinajstić information content (AvgIpc) is 2.34. The number of aliphatic hydroxyl groups is 1. The van der Waals surface area contributed by atoms with Crippen LogP contribution in [0.2, 0.25) is 0 Å². The summed E-state index contributed by atoms with van der Waals surface area (Å²) in [6.07, 6.45) is -4.62. The molecule has 1 aromatic rings. The summed E-state index contributed by atoms with van der Waals surface area (Å²) in [7, 11) is 0. The van der Waals surface area contributed by atoms with Crippen LogP contribution in [0.4, 0.5) is 24.5 Å². The Balaban J connectivity index is 3.02. The Morgan fingerprint density at radius 2 is 2.11 bits per heavy atom. The van der Waals surface area contributed by atoms with E-state index in [0.29, 0.717) is 6.07 Å². The molecule has 0 saturated heterocycles. The molecule has 2 N–H and O–H groups in total. The molecule has 0 spiro atoms. The molecule has 5 nitrogen and oxygen atoms in total. The quantitative estimate of drug-likeness (QED) is 0.641. The van der Waals surface area contributed by atoms with Gasteiger partial charge in [0.2, 0.25) is 0 Å². The summed E-state index contributed by atoms with van der Waals surface area (Å²) < 4.78 is 37.4. The number of aliphatic hydroxyl groups excluding tert-OH is 1. The number of nitro benzene ring substituents is 1. The van der Waals surface area contributed by atoms with Gasteiger partial charge in [0.1, 0.15) is 5.69 Å². The first kappa shape index (κ1) is 15.2. The molecule has 0 bridgehead atoms. The predicted octanol–water partition coefficient (Wildman–Crippen LogP) is 2.65. The van der Waals surface area contributed by atoms with Gasteiger partial charge in [0.25, 0.3) is 5.69 Å². The zero-order chi connectivity index (χ0) is 14.6. The standard InChI is InChI=1S/C11H13F3N2O3/c1-7(6-17)5-15-9-3-2-8(11(12,13)14)4-10(9)16(18)19/h2-4,7,15,17H,5-6H2,1H3. The third kappa shape index (κ3) is 4.09. The molecule has 1 rings (SSSR count). The van der Waals surface area contributed by atoms with E-state index in [1.807, 2.05) is 0 Å². The van der Waals surface area contributed by atoms with E-state index in [2.05, 4.69) is 5.32 Å². The normalized spacial score (nSPS) is 13.1. The Morgan fingerprint density at radius 1 is 1.47 bits per heavy atom. The lowest BCUT2D eigenvalue weighted by Crippen LogP contribution is -2.15. The summed E-state index contributed by atoms with van der Waals surface area (Å²) >= 11 is 0. The van der Waals surface area contributed by atoms with Crippen molar-refractivity contribution < 1.29 is 23.2 Å². The van der Waals surface area contributed by atoms with E-state index >= 15 is 0 Å². The van der Waals surface area contributed by atoms with Gasteiger partial charge < -0.3 is 10.4 Å². The second-order valence-corrected chi connectivity index (χ2v) is 4.16. The van der Waals surface area contributed by atoms with Crippen LogP contribution in [0.25, 0.3) is 0 Å². The smallest absolute Gasteiger partial charge is 0.396 e. The second kappa shape index (κ2) is 5.87. The number of nitrogens with one attached hydrogen (secondary N) is 1. The summed E-state index contributed by atoms with van der Waals surface area (Å²) in [5.41, 5.74) is -1.71. The van der Waals surface area contributed by atoms with E-state index in [1.54, 1.807) is 6.92 Å². The highest BCUT2D eigenvalue weighted by Gasteiger charge is 2.33. The molecular formula is C11H13F3N2O3. The van der Waals surface area contributed by atoms with Gasteiger partial charge in [0.05, 0.1) is 10.5 Å². The van der Waals surface area contributed by atoms with Crippen molar-refractivity contribution in [2.24, 2.45) is 5.92 Å². The molecule has 1 atom stereocenters. The first-order valence-electron chi connectivity index (χ1n) is 5.46. The number of hydrogen-bond acceptors (Lipinski definition) is 4. The minimum atomic E-state index is -4.62. The van der Waals surface area contributed by atoms with Gasteiger partial charge in [0.15, 0.2) is 0 Å². The van der Waals surface area contributed by atoms with Gasteiger partial charge in [-0.25, -0.2) is 0 Å². The van der Waals surface area contributed by atoms with Gasteiger partial charge in [0, 0.05) is 19.2 Å². The monoisotopic (exact) mass is 278 g/mol. The predicted molar refractivity (Wildman–Crippen MR) is 62.8 cm³/mol. The minimum absolute atomic E-state index is 0.00157. The maximum Gasteiger partial charge on any atom is 0.416 e. The van der Waals surface area contributed by atoms with E-state index in [9.17, 15) is 23.3 Å². The van der Waals surface area contributed by atoms with Gasteiger partial charge in [-0.1, -0.05) is 6.92 Å². The molecule has 0 aliphatic rings. The zero-order valence-corrected chi connectivity index (χ0v) is 10.1. The second-order valence-electron chi connectivity index (χ2n) is 4.16. The van der Waals surface area contributed by atoms with Crippen molar-refractivity contribution >= 4 is 11.4 Å². The van der Waals surface area contributed by atoms with Gasteiger partial charge in [-0.05, 0) is 18.1 Å². The summed E-state index contributed by atoms with van der Waals surface area (Å²) in [5, 5.41) is 22.2. The number of hydrogen-bond donors (Lipinski definition) is 2. The number of benzene rings is 1. The van der Waals surface area contributed by atoms with E-state index in [4.69, 9.17) is 5.11 Å². The lowest BCUT2D eigenvalue weighted by molar-refractivity contribution is -0.384. The van der Waals surface area contributed by atoms with Crippen LogP contribution in [-0.4, -0.2) is 23.2 Å². The van der Waals surface area contributed by atoms with Crippen molar-refractivity contribution in [2.75, 3.05) is 18.5 Å². The van der Waals surface area contributed by atoms with Crippen molar-refractivity contribution in [3.05, 3.63) is 33.9 Å². The van der Waals surface area contributed by atoms with Crippen molar-refractivity contribution in [1.82, 2.24) is 0 Å². The first-order chi connectivity index (χ1) is 8.75. The van der Waals surface area contributed by atoms with Crippen LogP contribution in [0.3, 0.4) is 0 Å². The fourth-order valence-electron chi connectivity index (χ4n) is 1.36. The van der Waals surface area contributed by atoms with Crippen LogP contribution in [0, 0.1) is 16.0 Å². The molecular weight excluding hydrogens is 265 g/mol. The highest BCUT2D eigenvalue weighted by atomic mass is 19.4. The van der Waals surface area contributed by atoms with Crippen molar-refractivity contribution in [1.29, 1.82) is 0 Å². The number of nitro groups is 1. The Kier molecular flexibility index (Phi) is 4.71. The Morgan fingerprint density at radius 3 is 2.58 bits per heavy atom. The van der Waals surface area contributed by atoms with Crippen molar-refractivity contribution in [2.45, 2.75) is 13.1 Å². The summed E-state index contributed by atoms with van der Waals surface area (Å²) in [5.74, 6) is -0.165. The third-order valence-corrected chi connectivity index (χ3v) is 2.47. The number of rotatable bonds is 5. The Bertz CT molecular complexity index is 463. The molecule has 1 unspecified atom stereocenters. The molecule has 0 radical (unpaired) electrons. The van der Waals surface area contributed by atoms with Gasteiger partial charge in [-0.3, -0.25) is 10.1 Å². The maximum atomic E-state index is 12.5. The van der Waals surface area contributed by atoms with Crippen LogP contribution in [0.15, 0.2) is 18.2 Å². The fraction of sp³-hybridized carbons (Fsp3) is 0.455. The Labute approximate surface area is 107 Å². The third-order valence-electron chi connectivity index (χ3n) is 2.47. The number of alkyl halides is 3. The molecule has 1 aromatic carbocycles. The van der Waals surface area contributed by atoms with Crippen LogP contribution < -0.4 is 5.32 Å².